The van der Waals surface area contributed by atoms with Gasteiger partial charge in [0.05, 0.1) is 11.0 Å². The van der Waals surface area contributed by atoms with Crippen LogP contribution in [0.1, 0.15) is 0 Å². The van der Waals surface area contributed by atoms with E-state index in [1.54, 1.807) is 0 Å². The quantitative estimate of drug-likeness (QED) is 0.170. The molecule has 0 aliphatic heterocycles. The van der Waals surface area contributed by atoms with E-state index in [9.17, 15) is 0 Å². The van der Waals surface area contributed by atoms with E-state index in [4.69, 9.17) is 0 Å². The average Bonchev–Trinajstić information content (AvgIpc) is 3.65. The molecule has 0 aliphatic carbocycles. The Morgan fingerprint density at radius 1 is 0.378 bits per heavy atom. The first kappa shape index (κ1) is 26.1. The Labute approximate surface area is 267 Å². The summed E-state index contributed by atoms with van der Waals surface area (Å²) in [6.45, 7) is 0. The Bertz CT molecular complexity index is 2470. The summed E-state index contributed by atoms with van der Waals surface area (Å²) in [5.74, 6) is 0. The van der Waals surface area contributed by atoms with Crippen LogP contribution in [0.3, 0.4) is 0 Å². The third-order valence-electron chi connectivity index (χ3n) is 8.78. The fraction of sp³-hybridized carbons (Fsp3) is 0. The van der Waals surface area contributed by atoms with Gasteiger partial charge in [0.1, 0.15) is 0 Å². The number of nitrogens with zero attached hydrogens (tertiary/aromatic N) is 2. The predicted molar refractivity (Wildman–Crippen MR) is 193 cm³/mol. The first-order chi connectivity index (χ1) is 22.3. The number of benzene rings is 7. The van der Waals surface area contributed by atoms with E-state index in [1.807, 2.05) is 0 Å². The van der Waals surface area contributed by atoms with Gasteiger partial charge in [-0.05, 0) is 18.2 Å². The van der Waals surface area contributed by atoms with Crippen LogP contribution in [-0.2, 0) is 0 Å². The molecule has 0 radical (unpaired) electrons. The van der Waals surface area contributed by atoms with Crippen molar-refractivity contribution < 1.29 is 0 Å². The molecule has 2 nitrogen and oxygen atoms in total. The van der Waals surface area contributed by atoms with Gasteiger partial charge in [-0.15, -0.1) is 0 Å². The van der Waals surface area contributed by atoms with E-state index in [2.05, 4.69) is 179 Å². The van der Waals surface area contributed by atoms with Crippen molar-refractivity contribution in [3.63, 3.8) is 0 Å². The van der Waals surface area contributed by atoms with E-state index in [0.717, 1.165) is 11.4 Å². The summed E-state index contributed by atoms with van der Waals surface area (Å²) in [7, 11) is 0. The van der Waals surface area contributed by atoms with Crippen molar-refractivity contribution in [2.45, 2.75) is 0 Å². The summed E-state index contributed by atoms with van der Waals surface area (Å²) in [6.07, 6.45) is 0. The van der Waals surface area contributed by atoms with Crippen molar-refractivity contribution in [1.82, 2.24) is 4.57 Å². The van der Waals surface area contributed by atoms with Gasteiger partial charge in [-0.25, -0.2) is 0 Å². The van der Waals surface area contributed by atoms with Crippen molar-refractivity contribution in [1.29, 1.82) is 0 Å². The van der Waals surface area contributed by atoms with Crippen LogP contribution in [0.5, 0.6) is 0 Å². The van der Waals surface area contributed by atoms with E-state index < -0.39 is 0 Å². The van der Waals surface area contributed by atoms with Crippen LogP contribution in [0.15, 0.2) is 170 Å². The molecule has 45 heavy (non-hydrogen) atoms. The maximum atomic E-state index is 2.38. The Morgan fingerprint density at radius 3 is 1.80 bits per heavy atom. The number of para-hydroxylation sites is 3. The summed E-state index contributed by atoms with van der Waals surface area (Å²) < 4.78 is 5.29. The minimum absolute atomic E-state index is 0.359. The molecule has 0 unspecified atom stereocenters. The van der Waals surface area contributed by atoms with E-state index in [1.165, 1.54) is 63.6 Å². The molecule has 212 valence electrons. The van der Waals surface area contributed by atoms with Crippen LogP contribution in [0.2, 0.25) is 0 Å². The van der Waals surface area contributed by atoms with Crippen LogP contribution >= 0.6 is 0 Å². The Kier molecular flexibility index (Phi) is 6.19. The van der Waals surface area contributed by atoms with Gasteiger partial charge in [0.2, 0.25) is 0 Å². The Morgan fingerprint density at radius 2 is 0.978 bits per heavy atom. The molecule has 0 saturated heterocycles. The van der Waals surface area contributed by atoms with Gasteiger partial charge in [-0.2, -0.15) is 0 Å². The summed E-state index contributed by atoms with van der Waals surface area (Å²) in [6, 6.07) is 61.8. The van der Waals surface area contributed by atoms with Crippen molar-refractivity contribution >= 4 is 72.7 Å². The SMILES string of the molecule is c1ccc(N(c2ccc(-c3ccc4c(c3)c3ccccc3n4-c3ccccc3)cc2)c2ccc3[se]c4ccccc4c3c2)cc1. The van der Waals surface area contributed by atoms with Crippen LogP contribution in [0.4, 0.5) is 17.1 Å². The predicted octanol–water partition coefficient (Wildman–Crippen LogP) is 11.3. The number of fused-ring (bicyclic) bond motifs is 6. The van der Waals surface area contributed by atoms with Gasteiger partial charge >= 0.3 is 188 Å². The zero-order valence-electron chi connectivity index (χ0n) is 24.5. The monoisotopic (exact) mass is 640 g/mol. The number of hydrogen-bond donors (Lipinski definition) is 0. The Hall–Kier alpha value is -5.34. The maximum absolute atomic E-state index is 2.38. The van der Waals surface area contributed by atoms with Gasteiger partial charge in [0.15, 0.2) is 0 Å². The van der Waals surface area contributed by atoms with Gasteiger partial charge in [-0.3, -0.25) is 0 Å². The molecule has 0 amide bonds. The zero-order chi connectivity index (χ0) is 29.7. The second kappa shape index (κ2) is 10.7. The van der Waals surface area contributed by atoms with Crippen molar-refractivity contribution in [2.75, 3.05) is 4.90 Å². The second-order valence-electron chi connectivity index (χ2n) is 11.4. The van der Waals surface area contributed by atoms with Crippen LogP contribution in [0, 0.1) is 0 Å². The molecule has 9 aromatic rings. The topological polar surface area (TPSA) is 8.17 Å². The molecule has 9 rings (SSSR count). The summed E-state index contributed by atoms with van der Waals surface area (Å²) in [5, 5.41) is 5.27. The second-order valence-corrected chi connectivity index (χ2v) is 13.7. The molecule has 2 aromatic heterocycles. The molecule has 2 heterocycles. The van der Waals surface area contributed by atoms with Crippen LogP contribution in [0.25, 0.3) is 57.9 Å². The normalized spacial score (nSPS) is 11.6. The molecular formula is C42H28N2Se. The zero-order valence-corrected chi connectivity index (χ0v) is 26.2. The third kappa shape index (κ3) is 4.40. The third-order valence-corrected chi connectivity index (χ3v) is 11.2. The molecule has 0 saturated carbocycles. The van der Waals surface area contributed by atoms with Crippen molar-refractivity contribution in [3.8, 4) is 16.8 Å². The van der Waals surface area contributed by atoms with Crippen molar-refractivity contribution in [2.24, 2.45) is 0 Å². The van der Waals surface area contributed by atoms with Crippen LogP contribution in [-0.4, -0.2) is 19.1 Å². The first-order valence-electron chi connectivity index (χ1n) is 15.3. The molecule has 0 bridgehead atoms. The standard InChI is InChI=1S/C42H28N2Se/c1-3-11-31(12-4-1)43(34-24-26-42-38(28-34)36-16-8-10-18-41(36)45-42)33-22-19-29(20-23-33)30-21-25-40-37(27-30)35-15-7-9-17-39(35)44(40)32-13-5-2-6-14-32/h1-28H. The molecule has 0 N–H and O–H groups in total. The average molecular weight is 640 g/mol. The molecule has 3 heteroatoms. The van der Waals surface area contributed by atoms with Gasteiger partial charge in [-0.1, -0.05) is 36.4 Å². The molecule has 0 fully saturated rings. The fourth-order valence-electron chi connectivity index (χ4n) is 6.69. The van der Waals surface area contributed by atoms with E-state index >= 15 is 0 Å². The number of anilines is 3. The van der Waals surface area contributed by atoms with Gasteiger partial charge in [0, 0.05) is 11.1 Å². The minimum atomic E-state index is 0.359. The van der Waals surface area contributed by atoms with E-state index in [-0.39, 0.29) is 0 Å². The van der Waals surface area contributed by atoms with E-state index in [0.29, 0.717) is 14.5 Å². The summed E-state index contributed by atoms with van der Waals surface area (Å²) in [4.78, 5) is 2.37. The molecule has 0 aliphatic rings. The number of aromatic nitrogens is 1. The molecular weight excluding hydrogens is 611 g/mol. The number of rotatable bonds is 5. The molecule has 0 spiro atoms. The summed E-state index contributed by atoms with van der Waals surface area (Å²) >= 11 is 0.359. The first-order valence-corrected chi connectivity index (χ1v) is 17.0. The Balaban J connectivity index is 1.15. The summed E-state index contributed by atoms with van der Waals surface area (Å²) in [5.41, 5.74) is 9.51. The van der Waals surface area contributed by atoms with Gasteiger partial charge in [0.25, 0.3) is 0 Å². The van der Waals surface area contributed by atoms with Crippen LogP contribution < -0.4 is 4.90 Å². The number of hydrogen-bond acceptors (Lipinski definition) is 1. The molecule has 0 atom stereocenters. The van der Waals surface area contributed by atoms with Crippen molar-refractivity contribution in [3.05, 3.63) is 170 Å². The fourth-order valence-corrected chi connectivity index (χ4v) is 8.97. The van der Waals surface area contributed by atoms with Gasteiger partial charge < -0.3 is 4.57 Å². The molecule has 7 aromatic carbocycles.